The van der Waals surface area contributed by atoms with Gasteiger partial charge in [0.15, 0.2) is 0 Å². The van der Waals surface area contributed by atoms with Crippen LogP contribution in [0.2, 0.25) is 0 Å². The van der Waals surface area contributed by atoms with Crippen molar-refractivity contribution in [2.45, 2.75) is 13.0 Å². The fourth-order valence-corrected chi connectivity index (χ4v) is 1.82. The Labute approximate surface area is 117 Å². The van der Waals surface area contributed by atoms with Crippen molar-refractivity contribution in [3.8, 4) is 5.75 Å². The van der Waals surface area contributed by atoms with Gasteiger partial charge >= 0.3 is 0 Å². The van der Waals surface area contributed by atoms with Crippen LogP contribution in [0.25, 0.3) is 0 Å². The Morgan fingerprint density at radius 1 is 1.15 bits per heavy atom. The van der Waals surface area contributed by atoms with E-state index in [2.05, 4.69) is 5.32 Å². The van der Waals surface area contributed by atoms with E-state index in [-0.39, 0.29) is 18.1 Å². The zero-order chi connectivity index (χ0) is 14.4. The Bertz CT molecular complexity index is 581. The van der Waals surface area contributed by atoms with Gasteiger partial charge in [0.2, 0.25) is 5.91 Å². The second-order valence-corrected chi connectivity index (χ2v) is 4.39. The van der Waals surface area contributed by atoms with Gasteiger partial charge in [-0.1, -0.05) is 30.3 Å². The SMILES string of the molecule is COc1ccc(CNC(=O)Cc2ccccc2F)cc1. The van der Waals surface area contributed by atoms with Crippen LogP contribution >= 0.6 is 0 Å². The molecule has 0 atom stereocenters. The minimum Gasteiger partial charge on any atom is -0.497 e. The summed E-state index contributed by atoms with van der Waals surface area (Å²) in [6, 6.07) is 13.7. The Hall–Kier alpha value is -2.36. The first-order chi connectivity index (χ1) is 9.69. The maximum atomic E-state index is 13.4. The summed E-state index contributed by atoms with van der Waals surface area (Å²) < 4.78 is 18.5. The van der Waals surface area contributed by atoms with Crippen LogP contribution in [0.4, 0.5) is 4.39 Å². The molecule has 2 aromatic rings. The molecule has 20 heavy (non-hydrogen) atoms. The van der Waals surface area contributed by atoms with Crippen LogP contribution in [0.5, 0.6) is 5.75 Å². The van der Waals surface area contributed by atoms with Crippen LogP contribution < -0.4 is 10.1 Å². The van der Waals surface area contributed by atoms with Crippen LogP contribution in [0.15, 0.2) is 48.5 Å². The summed E-state index contributed by atoms with van der Waals surface area (Å²) in [7, 11) is 1.60. The molecule has 0 saturated heterocycles. The maximum Gasteiger partial charge on any atom is 0.224 e. The molecule has 0 aliphatic heterocycles. The van der Waals surface area contributed by atoms with Crippen molar-refractivity contribution in [1.29, 1.82) is 0 Å². The first kappa shape index (κ1) is 14.1. The molecule has 104 valence electrons. The monoisotopic (exact) mass is 273 g/mol. The lowest BCUT2D eigenvalue weighted by Crippen LogP contribution is -2.24. The first-order valence-corrected chi connectivity index (χ1v) is 6.32. The summed E-state index contributed by atoms with van der Waals surface area (Å²) in [5, 5.41) is 2.77. The molecular weight excluding hydrogens is 257 g/mol. The van der Waals surface area contributed by atoms with E-state index >= 15 is 0 Å². The highest BCUT2D eigenvalue weighted by Crippen LogP contribution is 2.11. The fourth-order valence-electron chi connectivity index (χ4n) is 1.82. The second kappa shape index (κ2) is 6.70. The molecule has 1 amide bonds. The summed E-state index contributed by atoms with van der Waals surface area (Å²) >= 11 is 0. The molecule has 0 spiro atoms. The number of hydrogen-bond donors (Lipinski definition) is 1. The van der Waals surface area contributed by atoms with Crippen molar-refractivity contribution in [2.24, 2.45) is 0 Å². The number of halogens is 1. The van der Waals surface area contributed by atoms with E-state index in [1.165, 1.54) is 6.07 Å². The predicted molar refractivity (Wildman–Crippen MR) is 74.9 cm³/mol. The van der Waals surface area contributed by atoms with Crippen molar-refractivity contribution in [1.82, 2.24) is 5.32 Å². The van der Waals surface area contributed by atoms with Crippen LogP contribution in [-0.4, -0.2) is 13.0 Å². The van der Waals surface area contributed by atoms with Crippen molar-refractivity contribution >= 4 is 5.91 Å². The average molecular weight is 273 g/mol. The highest BCUT2D eigenvalue weighted by atomic mass is 19.1. The largest absolute Gasteiger partial charge is 0.497 e. The maximum absolute atomic E-state index is 13.4. The molecule has 0 aromatic heterocycles. The third-order valence-corrected chi connectivity index (χ3v) is 2.96. The molecule has 2 rings (SSSR count). The lowest BCUT2D eigenvalue weighted by Gasteiger charge is -2.07. The number of rotatable bonds is 5. The quantitative estimate of drug-likeness (QED) is 0.909. The highest BCUT2D eigenvalue weighted by Gasteiger charge is 2.07. The molecule has 0 fully saturated rings. The highest BCUT2D eigenvalue weighted by molar-refractivity contribution is 5.78. The zero-order valence-corrected chi connectivity index (χ0v) is 11.2. The summed E-state index contributed by atoms with van der Waals surface area (Å²) in [6.07, 6.45) is 0.0445. The van der Waals surface area contributed by atoms with E-state index in [1.807, 2.05) is 24.3 Å². The normalized spacial score (nSPS) is 10.1. The van der Waals surface area contributed by atoms with E-state index in [9.17, 15) is 9.18 Å². The number of nitrogens with one attached hydrogen (secondary N) is 1. The Kier molecular flexibility index (Phi) is 4.71. The molecule has 0 radical (unpaired) electrons. The lowest BCUT2D eigenvalue weighted by molar-refractivity contribution is -0.120. The Balaban J connectivity index is 1.87. The molecule has 0 heterocycles. The van der Waals surface area contributed by atoms with E-state index in [4.69, 9.17) is 4.74 Å². The molecule has 1 N–H and O–H groups in total. The Morgan fingerprint density at radius 2 is 1.85 bits per heavy atom. The van der Waals surface area contributed by atoms with Gasteiger partial charge in [0, 0.05) is 6.54 Å². The van der Waals surface area contributed by atoms with Gasteiger partial charge in [-0.15, -0.1) is 0 Å². The van der Waals surface area contributed by atoms with E-state index < -0.39 is 0 Å². The van der Waals surface area contributed by atoms with Crippen LogP contribution in [-0.2, 0) is 17.8 Å². The van der Waals surface area contributed by atoms with Gasteiger partial charge < -0.3 is 10.1 Å². The van der Waals surface area contributed by atoms with Crippen molar-refractivity contribution in [3.05, 3.63) is 65.5 Å². The third-order valence-electron chi connectivity index (χ3n) is 2.96. The third kappa shape index (κ3) is 3.82. The predicted octanol–water partition coefficient (Wildman–Crippen LogP) is 2.69. The van der Waals surface area contributed by atoms with Gasteiger partial charge in [-0.05, 0) is 29.3 Å². The van der Waals surface area contributed by atoms with Crippen molar-refractivity contribution in [3.63, 3.8) is 0 Å². The number of hydrogen-bond acceptors (Lipinski definition) is 2. The molecular formula is C16H16FNO2. The number of methoxy groups -OCH3 is 1. The van der Waals surface area contributed by atoms with E-state index in [1.54, 1.807) is 25.3 Å². The van der Waals surface area contributed by atoms with Crippen molar-refractivity contribution in [2.75, 3.05) is 7.11 Å². The number of amides is 1. The summed E-state index contributed by atoms with van der Waals surface area (Å²) in [4.78, 5) is 11.8. The molecule has 4 heteroatoms. The van der Waals surface area contributed by atoms with Crippen LogP contribution in [0, 0.1) is 5.82 Å². The minimum atomic E-state index is -0.355. The van der Waals surface area contributed by atoms with E-state index in [0.717, 1.165) is 11.3 Å². The van der Waals surface area contributed by atoms with Gasteiger partial charge in [0.05, 0.1) is 13.5 Å². The number of carbonyl (C=O) groups excluding carboxylic acids is 1. The second-order valence-electron chi connectivity index (χ2n) is 4.39. The minimum absolute atomic E-state index is 0.0445. The Morgan fingerprint density at radius 3 is 2.50 bits per heavy atom. The first-order valence-electron chi connectivity index (χ1n) is 6.32. The molecule has 0 saturated carbocycles. The van der Waals surface area contributed by atoms with Crippen molar-refractivity contribution < 1.29 is 13.9 Å². The number of ether oxygens (including phenoxy) is 1. The average Bonchev–Trinajstić information content (AvgIpc) is 2.48. The van der Waals surface area contributed by atoms with Gasteiger partial charge in [-0.25, -0.2) is 4.39 Å². The topological polar surface area (TPSA) is 38.3 Å². The lowest BCUT2D eigenvalue weighted by atomic mass is 10.1. The summed E-state index contributed by atoms with van der Waals surface area (Å²) in [5.74, 6) is 0.212. The number of carbonyl (C=O) groups is 1. The molecule has 0 unspecified atom stereocenters. The fraction of sp³-hybridized carbons (Fsp3) is 0.188. The van der Waals surface area contributed by atoms with Gasteiger partial charge in [-0.3, -0.25) is 4.79 Å². The zero-order valence-electron chi connectivity index (χ0n) is 11.2. The van der Waals surface area contributed by atoms with Gasteiger partial charge in [0.25, 0.3) is 0 Å². The van der Waals surface area contributed by atoms with Crippen LogP contribution in [0.3, 0.4) is 0 Å². The molecule has 2 aromatic carbocycles. The summed E-state index contributed by atoms with van der Waals surface area (Å²) in [5.41, 5.74) is 1.37. The smallest absolute Gasteiger partial charge is 0.224 e. The standard InChI is InChI=1S/C16H16FNO2/c1-20-14-8-6-12(7-9-14)11-18-16(19)10-13-4-2-3-5-15(13)17/h2-9H,10-11H2,1H3,(H,18,19). The van der Waals surface area contributed by atoms with Gasteiger partial charge in [0.1, 0.15) is 11.6 Å². The molecule has 3 nitrogen and oxygen atoms in total. The van der Waals surface area contributed by atoms with Gasteiger partial charge in [-0.2, -0.15) is 0 Å². The molecule has 0 bridgehead atoms. The molecule has 0 aliphatic carbocycles. The van der Waals surface area contributed by atoms with Crippen LogP contribution in [0.1, 0.15) is 11.1 Å². The summed E-state index contributed by atoms with van der Waals surface area (Å²) in [6.45, 7) is 0.414. The number of benzene rings is 2. The van der Waals surface area contributed by atoms with E-state index in [0.29, 0.717) is 12.1 Å². The molecule has 0 aliphatic rings.